The Kier molecular flexibility index (Phi) is 21.1. The summed E-state index contributed by atoms with van der Waals surface area (Å²) in [6.07, 6.45) is 12.1. The van der Waals surface area contributed by atoms with E-state index in [1.807, 2.05) is 10.6 Å². The monoisotopic (exact) mass is 1260 g/mol. The van der Waals surface area contributed by atoms with Gasteiger partial charge in [0.1, 0.15) is 42.0 Å². The van der Waals surface area contributed by atoms with Gasteiger partial charge in [0, 0.05) is 76.0 Å². The molecule has 0 unspecified atom stereocenters. The molecule has 2 aliphatic carbocycles. The third kappa shape index (κ3) is 17.4. The number of nitrogens with one attached hydrogen (secondary N) is 3. The number of benzene rings is 2. The van der Waals surface area contributed by atoms with Gasteiger partial charge in [0.25, 0.3) is 5.91 Å². The molecule has 0 spiro atoms. The molecular weight excluding hydrogens is 1190 g/mol. The summed E-state index contributed by atoms with van der Waals surface area (Å²) >= 11 is 4.59. The maximum absolute atomic E-state index is 13.3. The Bertz CT molecular complexity index is 2750. The summed E-state index contributed by atoms with van der Waals surface area (Å²) in [5.41, 5.74) is 10.2. The largest absolute Gasteiger partial charge is 0.478 e. The first kappa shape index (κ1) is 58.1. The fraction of sp³-hybridized carbons (Fsp3) is 0.481. The summed E-state index contributed by atoms with van der Waals surface area (Å²) in [6, 6.07) is 18.4. The van der Waals surface area contributed by atoms with E-state index in [0.29, 0.717) is 48.2 Å². The highest BCUT2D eigenvalue weighted by atomic mass is 127. The fourth-order valence-corrected chi connectivity index (χ4v) is 11.6. The van der Waals surface area contributed by atoms with Gasteiger partial charge in [-0.3, -0.25) is 13.9 Å². The second kappa shape index (κ2) is 26.5. The number of nitrogens with two attached hydrogens (primary N) is 1. The van der Waals surface area contributed by atoms with Crippen molar-refractivity contribution < 1.29 is 33.0 Å². The molecule has 0 saturated heterocycles. The van der Waals surface area contributed by atoms with E-state index >= 15 is 0 Å². The van der Waals surface area contributed by atoms with Crippen molar-refractivity contribution in [3.63, 3.8) is 0 Å². The van der Waals surface area contributed by atoms with E-state index < -0.39 is 22.1 Å². The first-order valence-corrected chi connectivity index (χ1v) is 35.0. The quantitative estimate of drug-likeness (QED) is 0.0256. The molecule has 0 aliphatic heterocycles. The van der Waals surface area contributed by atoms with Crippen LogP contribution in [0.15, 0.2) is 73.1 Å². The van der Waals surface area contributed by atoms with E-state index in [4.69, 9.17) is 20.2 Å². The van der Waals surface area contributed by atoms with Gasteiger partial charge in [0.05, 0.1) is 24.3 Å². The Morgan fingerprint density at radius 1 is 0.671 bits per heavy atom. The lowest BCUT2D eigenvalue weighted by atomic mass is 9.87. The minimum atomic E-state index is -1.17. The Morgan fingerprint density at radius 3 is 1.47 bits per heavy atom. The number of aromatic carboxylic acids is 1. The van der Waals surface area contributed by atoms with Gasteiger partial charge in [-0.25, -0.2) is 23.5 Å². The molecule has 73 heavy (non-hydrogen) atoms. The van der Waals surface area contributed by atoms with E-state index in [0.717, 1.165) is 98.0 Å². The third-order valence-electron chi connectivity index (χ3n) is 13.4. The predicted octanol–water partition coefficient (Wildman–Crippen LogP) is 14.4. The standard InChI is InChI=1S/C27H36FIN4O2Si.C21H32IN3O3Si.C6H6FN/c1-18-5-9-20(10-6-18)31-25-22-15-24(29)33(17-35-13-14-36(2,3)4)26(22)30-16-23(25)27(34)32-21-11-7-19(28)8-12-21;1-14-5-7-15(8-6-14)24-19-16-11-18(22)25(13-28-9-10-29(2,3)4)20(16)23-12-17(19)21(26)27;7-5-1-3-6(8)4-2-5/h7-8,11-12,15-16,18,20H,5-6,9-10,13-14,17H2,1-4H3,(H,30,31)(H,32,34);11-12,14-15H,5-10,13H2,1-4H3,(H,23,24)(H,26,27);1-4H,8H2. The summed E-state index contributed by atoms with van der Waals surface area (Å²) in [4.78, 5) is 34.4. The molecule has 396 valence electrons. The number of fused-ring (bicyclic) bond motifs is 2. The van der Waals surface area contributed by atoms with Gasteiger partial charge in [-0.15, -0.1) is 0 Å². The number of anilines is 4. The Morgan fingerprint density at radius 2 is 1.07 bits per heavy atom. The SMILES string of the molecule is CC1CCC(Nc2c(C(=O)Nc3ccc(F)cc3)cnc3c2cc(I)n3COCC[Si](C)(C)C)CC1.CC1CCC(Nc2c(C(=O)O)cnc3c2cc(I)n3COCC[Si](C)(C)C)CC1.Nc1ccc(F)cc1. The third-order valence-corrected chi connectivity index (χ3v) is 18.6. The van der Waals surface area contributed by atoms with Crippen molar-refractivity contribution in [1.82, 2.24) is 19.1 Å². The average Bonchev–Trinajstić information content (AvgIpc) is 3.83. The number of carboxylic acid groups (broad SMARTS) is 1. The first-order valence-electron chi connectivity index (χ1n) is 25.4. The molecule has 4 heterocycles. The van der Waals surface area contributed by atoms with E-state index in [1.165, 1.54) is 68.3 Å². The molecule has 2 aromatic carbocycles. The molecule has 2 fully saturated rings. The molecule has 19 heteroatoms. The first-order chi connectivity index (χ1) is 34.5. The van der Waals surface area contributed by atoms with E-state index in [1.54, 1.807) is 18.3 Å². The minimum Gasteiger partial charge on any atom is -0.478 e. The maximum atomic E-state index is 13.3. The van der Waals surface area contributed by atoms with Crippen LogP contribution < -0.4 is 21.7 Å². The van der Waals surface area contributed by atoms with Crippen molar-refractivity contribution >= 4 is 118 Å². The molecule has 6 N–H and O–H groups in total. The molecule has 8 rings (SSSR count). The topological polar surface area (TPSA) is 171 Å². The number of halogens is 4. The number of carbonyl (C=O) groups excluding carboxylic acids is 1. The molecule has 6 aromatic rings. The number of ether oxygens (including phenoxy) is 2. The van der Waals surface area contributed by atoms with E-state index in [9.17, 15) is 23.5 Å². The molecule has 0 atom stereocenters. The van der Waals surface area contributed by atoms with Gasteiger partial charge in [-0.2, -0.15) is 0 Å². The number of carboxylic acids is 1. The van der Waals surface area contributed by atoms with Crippen LogP contribution in [0.3, 0.4) is 0 Å². The predicted molar refractivity (Wildman–Crippen MR) is 315 cm³/mol. The zero-order chi connectivity index (χ0) is 53.0. The second-order valence-corrected chi connectivity index (χ2v) is 35.5. The van der Waals surface area contributed by atoms with Crippen molar-refractivity contribution in [2.75, 3.05) is 34.9 Å². The number of nitrogen functional groups attached to an aromatic ring is 1. The zero-order valence-electron chi connectivity index (χ0n) is 43.6. The molecular formula is C54H74F2I2N8O5Si2. The molecule has 2 aliphatic rings. The van der Waals surface area contributed by atoms with Crippen LogP contribution in [-0.4, -0.2) is 77.5 Å². The Balaban J connectivity index is 0.000000210. The zero-order valence-corrected chi connectivity index (χ0v) is 49.9. The van der Waals surface area contributed by atoms with Crippen LogP contribution in [0.2, 0.25) is 51.4 Å². The van der Waals surface area contributed by atoms with Gasteiger partial charge in [-0.1, -0.05) is 53.1 Å². The number of hydrogen-bond donors (Lipinski definition) is 5. The van der Waals surface area contributed by atoms with Gasteiger partial charge >= 0.3 is 5.97 Å². The lowest BCUT2D eigenvalue weighted by molar-refractivity contribution is 0.0697. The van der Waals surface area contributed by atoms with Gasteiger partial charge in [-0.05, 0) is 181 Å². The number of hydrogen-bond acceptors (Lipinski definition) is 9. The summed E-state index contributed by atoms with van der Waals surface area (Å²) in [5.74, 6) is -0.318. The van der Waals surface area contributed by atoms with E-state index in [-0.39, 0.29) is 23.1 Å². The lowest BCUT2D eigenvalue weighted by Crippen LogP contribution is -2.27. The average molecular weight is 1260 g/mol. The highest BCUT2D eigenvalue weighted by Crippen LogP contribution is 2.36. The minimum absolute atomic E-state index is 0.240. The van der Waals surface area contributed by atoms with Crippen molar-refractivity contribution in [1.29, 1.82) is 0 Å². The maximum Gasteiger partial charge on any atom is 0.339 e. The number of rotatable bonds is 17. The van der Waals surface area contributed by atoms with Crippen LogP contribution in [0.4, 0.5) is 31.5 Å². The second-order valence-electron chi connectivity index (χ2n) is 22.1. The van der Waals surface area contributed by atoms with Crippen LogP contribution in [0.5, 0.6) is 0 Å². The van der Waals surface area contributed by atoms with Crippen LogP contribution in [-0.2, 0) is 22.9 Å². The summed E-state index contributed by atoms with van der Waals surface area (Å²) in [5, 5.41) is 21.6. The van der Waals surface area contributed by atoms with Crippen molar-refractivity contribution in [2.24, 2.45) is 11.8 Å². The number of aromatic nitrogens is 4. The molecule has 0 radical (unpaired) electrons. The highest BCUT2D eigenvalue weighted by molar-refractivity contribution is 14.1. The van der Waals surface area contributed by atoms with Crippen LogP contribution in [0.25, 0.3) is 22.1 Å². The van der Waals surface area contributed by atoms with Crippen LogP contribution in [0.1, 0.15) is 85.9 Å². The number of amides is 1. The van der Waals surface area contributed by atoms with Crippen molar-refractivity contribution in [3.8, 4) is 0 Å². The lowest BCUT2D eigenvalue weighted by Gasteiger charge is -2.28. The number of carbonyl (C=O) groups is 2. The van der Waals surface area contributed by atoms with Gasteiger partial charge in [0.2, 0.25) is 0 Å². The molecule has 1 amide bonds. The van der Waals surface area contributed by atoms with Gasteiger partial charge < -0.3 is 36.3 Å². The number of pyridine rings is 2. The molecule has 4 aromatic heterocycles. The van der Waals surface area contributed by atoms with Crippen LogP contribution >= 0.6 is 45.2 Å². The smallest absolute Gasteiger partial charge is 0.339 e. The normalized spacial score (nSPS) is 18.1. The fourth-order valence-electron chi connectivity index (χ4n) is 8.70. The van der Waals surface area contributed by atoms with Gasteiger partial charge in [0.15, 0.2) is 0 Å². The summed E-state index contributed by atoms with van der Waals surface area (Å²) < 4.78 is 43.4. The molecule has 2 saturated carbocycles. The Hall–Kier alpha value is -4.17. The summed E-state index contributed by atoms with van der Waals surface area (Å²) in [7, 11) is -2.30. The summed E-state index contributed by atoms with van der Waals surface area (Å²) in [6.45, 7) is 21.0. The molecule has 13 nitrogen and oxygen atoms in total. The van der Waals surface area contributed by atoms with Crippen molar-refractivity contribution in [2.45, 2.75) is 142 Å². The van der Waals surface area contributed by atoms with Crippen molar-refractivity contribution in [3.05, 3.63) is 103 Å². The number of nitrogens with zero attached hydrogens (tertiary/aromatic N) is 4. The Labute approximate surface area is 458 Å². The van der Waals surface area contributed by atoms with E-state index in [2.05, 4.69) is 130 Å². The van der Waals surface area contributed by atoms with Crippen LogP contribution in [0, 0.1) is 30.9 Å². The highest BCUT2D eigenvalue weighted by Gasteiger charge is 2.26. The molecule has 0 bridgehead atoms.